The number of ether oxygens (including phenoxy) is 3. The van der Waals surface area contributed by atoms with Crippen molar-refractivity contribution in [1.82, 2.24) is 5.32 Å². The molecule has 0 bridgehead atoms. The second-order valence-electron chi connectivity index (χ2n) is 6.27. The lowest BCUT2D eigenvalue weighted by Gasteiger charge is -2.16. The molecule has 0 saturated carbocycles. The summed E-state index contributed by atoms with van der Waals surface area (Å²) in [7, 11) is 6.75. The fourth-order valence-electron chi connectivity index (χ4n) is 2.63. The van der Waals surface area contributed by atoms with Gasteiger partial charge in [0.05, 0.1) is 21.3 Å². The molecular formula is C22H31NO3. The highest BCUT2D eigenvalue weighted by Gasteiger charge is 2.15. The number of hydrogen-bond acceptors (Lipinski definition) is 4. The third kappa shape index (κ3) is 5.73. The van der Waals surface area contributed by atoms with E-state index in [9.17, 15) is 0 Å². The van der Waals surface area contributed by atoms with Gasteiger partial charge >= 0.3 is 0 Å². The van der Waals surface area contributed by atoms with Crippen LogP contribution in [0.1, 0.15) is 26.3 Å². The molecule has 0 aliphatic heterocycles. The molecule has 4 nitrogen and oxygen atoms in total. The summed E-state index contributed by atoms with van der Waals surface area (Å²) in [4.78, 5) is 0. The molecule has 0 atom stereocenters. The van der Waals surface area contributed by atoms with Gasteiger partial charge in [-0.2, -0.15) is 0 Å². The fraction of sp³-hybridized carbons (Fsp3) is 0.364. The zero-order chi connectivity index (χ0) is 19.7. The van der Waals surface area contributed by atoms with Crippen LogP contribution in [0.3, 0.4) is 0 Å². The second-order valence-corrected chi connectivity index (χ2v) is 6.27. The van der Waals surface area contributed by atoms with Gasteiger partial charge in [-0.15, -0.1) is 0 Å². The van der Waals surface area contributed by atoms with Crippen LogP contribution in [0.2, 0.25) is 0 Å². The molecule has 0 fully saturated rings. The summed E-state index contributed by atoms with van der Waals surface area (Å²) >= 11 is 0. The van der Waals surface area contributed by atoms with E-state index < -0.39 is 0 Å². The summed E-state index contributed by atoms with van der Waals surface area (Å²) in [5.41, 5.74) is 5.54. The first-order valence-electron chi connectivity index (χ1n) is 8.54. The average molecular weight is 357 g/mol. The molecule has 0 aliphatic carbocycles. The molecule has 1 aromatic carbocycles. The number of benzene rings is 1. The Kier molecular flexibility index (Phi) is 8.56. The van der Waals surface area contributed by atoms with E-state index in [0.717, 1.165) is 22.3 Å². The van der Waals surface area contributed by atoms with Crippen LogP contribution in [0.15, 0.2) is 59.4 Å². The van der Waals surface area contributed by atoms with Crippen molar-refractivity contribution < 1.29 is 14.2 Å². The molecule has 0 spiro atoms. The van der Waals surface area contributed by atoms with Crippen molar-refractivity contribution in [3.63, 3.8) is 0 Å². The molecule has 0 heterocycles. The smallest absolute Gasteiger partial charge is 0.203 e. The van der Waals surface area contributed by atoms with Crippen LogP contribution < -0.4 is 19.5 Å². The molecular weight excluding hydrogens is 326 g/mol. The third-order valence-corrected chi connectivity index (χ3v) is 3.83. The molecule has 4 heteroatoms. The van der Waals surface area contributed by atoms with Gasteiger partial charge in [-0.1, -0.05) is 29.9 Å². The van der Waals surface area contributed by atoms with E-state index in [1.165, 1.54) is 5.57 Å². The molecule has 1 N–H and O–H groups in total. The first-order chi connectivity index (χ1) is 12.4. The Bertz CT molecular complexity index is 698. The van der Waals surface area contributed by atoms with Gasteiger partial charge in [0.25, 0.3) is 0 Å². The van der Waals surface area contributed by atoms with Crippen molar-refractivity contribution >= 4 is 0 Å². The van der Waals surface area contributed by atoms with E-state index >= 15 is 0 Å². The first-order valence-corrected chi connectivity index (χ1v) is 8.54. The molecule has 142 valence electrons. The molecule has 0 amide bonds. The Labute approximate surface area is 157 Å². The third-order valence-electron chi connectivity index (χ3n) is 3.83. The van der Waals surface area contributed by atoms with Crippen molar-refractivity contribution in [2.45, 2.75) is 27.2 Å². The first kappa shape index (κ1) is 21.4. The minimum absolute atomic E-state index is 0.595. The molecule has 1 rings (SSSR count). The minimum Gasteiger partial charge on any atom is -0.493 e. The molecule has 0 radical (unpaired) electrons. The van der Waals surface area contributed by atoms with Crippen LogP contribution in [-0.4, -0.2) is 28.4 Å². The molecule has 0 aromatic heterocycles. The highest BCUT2D eigenvalue weighted by atomic mass is 16.5. The van der Waals surface area contributed by atoms with Crippen LogP contribution >= 0.6 is 0 Å². The van der Waals surface area contributed by atoms with E-state index in [-0.39, 0.29) is 0 Å². The predicted octanol–water partition coefficient (Wildman–Crippen LogP) is 4.83. The lowest BCUT2D eigenvalue weighted by Crippen LogP contribution is -2.04. The van der Waals surface area contributed by atoms with Crippen LogP contribution in [0.5, 0.6) is 17.2 Å². The zero-order valence-corrected chi connectivity index (χ0v) is 17.0. The van der Waals surface area contributed by atoms with Crippen molar-refractivity contribution in [2.75, 3.05) is 28.4 Å². The van der Waals surface area contributed by atoms with Gasteiger partial charge in [-0.05, 0) is 56.0 Å². The van der Waals surface area contributed by atoms with Crippen molar-refractivity contribution in [3.8, 4) is 17.2 Å². The van der Waals surface area contributed by atoms with Gasteiger partial charge in [0.1, 0.15) is 0 Å². The number of hydrogen-bond donors (Lipinski definition) is 1. The van der Waals surface area contributed by atoms with E-state index in [1.54, 1.807) is 21.3 Å². The van der Waals surface area contributed by atoms with Crippen molar-refractivity contribution in [3.05, 3.63) is 64.9 Å². The Morgan fingerprint density at radius 2 is 1.58 bits per heavy atom. The van der Waals surface area contributed by atoms with Gasteiger partial charge in [-0.3, -0.25) is 0 Å². The maximum Gasteiger partial charge on any atom is 0.203 e. The predicted molar refractivity (Wildman–Crippen MR) is 109 cm³/mol. The van der Waals surface area contributed by atoms with Crippen LogP contribution in [0.25, 0.3) is 0 Å². The number of allylic oxidation sites excluding steroid dienone is 6. The van der Waals surface area contributed by atoms with E-state index in [1.807, 2.05) is 32.3 Å². The van der Waals surface area contributed by atoms with Crippen molar-refractivity contribution in [2.24, 2.45) is 0 Å². The van der Waals surface area contributed by atoms with Crippen molar-refractivity contribution in [1.29, 1.82) is 0 Å². The number of nitrogens with one attached hydrogen (secondary N) is 1. The van der Waals surface area contributed by atoms with E-state index in [0.29, 0.717) is 23.7 Å². The normalized spacial score (nSPS) is 11.7. The highest BCUT2D eigenvalue weighted by Crippen LogP contribution is 2.39. The Balaban J connectivity index is 3.38. The summed E-state index contributed by atoms with van der Waals surface area (Å²) < 4.78 is 16.3. The SMILES string of the molecule is C=C(C)C(=C\C=C(C)C)/C(=C\NC)Cc1cc(OC)c(OC)c(OC)c1. The summed E-state index contributed by atoms with van der Waals surface area (Å²) in [5.74, 6) is 1.89. The molecule has 0 aliphatic rings. The Morgan fingerprint density at radius 3 is 1.96 bits per heavy atom. The van der Waals surface area contributed by atoms with Crippen LogP contribution in [-0.2, 0) is 6.42 Å². The number of rotatable bonds is 9. The van der Waals surface area contributed by atoms with Gasteiger partial charge in [0.2, 0.25) is 5.75 Å². The Morgan fingerprint density at radius 1 is 1.00 bits per heavy atom. The maximum atomic E-state index is 5.47. The largest absolute Gasteiger partial charge is 0.493 e. The van der Waals surface area contributed by atoms with Gasteiger partial charge < -0.3 is 19.5 Å². The minimum atomic E-state index is 0.595. The summed E-state index contributed by atoms with van der Waals surface area (Å²) in [6.45, 7) is 10.3. The lowest BCUT2D eigenvalue weighted by molar-refractivity contribution is 0.324. The van der Waals surface area contributed by atoms with E-state index in [2.05, 4.69) is 37.9 Å². The highest BCUT2D eigenvalue weighted by molar-refractivity contribution is 5.56. The maximum absolute atomic E-state index is 5.47. The van der Waals surface area contributed by atoms with E-state index in [4.69, 9.17) is 14.2 Å². The second kappa shape index (κ2) is 10.4. The van der Waals surface area contributed by atoms with Gasteiger partial charge in [0.15, 0.2) is 11.5 Å². The topological polar surface area (TPSA) is 39.7 Å². The summed E-state index contributed by atoms with van der Waals surface area (Å²) in [6, 6.07) is 3.95. The van der Waals surface area contributed by atoms with Gasteiger partial charge in [0, 0.05) is 13.2 Å². The lowest BCUT2D eigenvalue weighted by atomic mass is 9.93. The van der Waals surface area contributed by atoms with Crippen LogP contribution in [0.4, 0.5) is 0 Å². The summed E-state index contributed by atoms with van der Waals surface area (Å²) in [6.07, 6.45) is 6.91. The monoisotopic (exact) mass is 357 g/mol. The molecule has 26 heavy (non-hydrogen) atoms. The fourth-order valence-corrected chi connectivity index (χ4v) is 2.63. The quantitative estimate of drug-likeness (QED) is 0.643. The Hall–Kier alpha value is -2.62. The molecule has 0 saturated heterocycles. The average Bonchev–Trinajstić information content (AvgIpc) is 2.60. The number of methoxy groups -OCH3 is 3. The molecule has 1 aromatic rings. The zero-order valence-electron chi connectivity index (χ0n) is 17.0. The summed E-state index contributed by atoms with van der Waals surface area (Å²) in [5, 5.41) is 3.14. The van der Waals surface area contributed by atoms with Crippen LogP contribution in [0, 0.1) is 0 Å². The molecule has 0 unspecified atom stereocenters. The van der Waals surface area contributed by atoms with Gasteiger partial charge in [-0.25, -0.2) is 0 Å². The standard InChI is InChI=1S/C22H31NO3/c1-15(2)9-10-19(16(3)4)18(14-23-5)11-17-12-20(24-6)22(26-8)21(13-17)25-7/h9-10,12-14,23H,3,11H2,1-2,4-8H3/b18-14-,19-10+.